The Labute approximate surface area is 106 Å². The van der Waals surface area contributed by atoms with E-state index in [4.69, 9.17) is 0 Å². The lowest BCUT2D eigenvalue weighted by atomic mass is 10.3. The molecule has 1 aromatic carbocycles. The highest BCUT2D eigenvalue weighted by Crippen LogP contribution is 2.30. The third kappa shape index (κ3) is 2.13. The summed E-state index contributed by atoms with van der Waals surface area (Å²) in [6, 6.07) is 5.21. The monoisotopic (exact) mass is 354 g/mol. The van der Waals surface area contributed by atoms with Gasteiger partial charge in [-0.15, -0.1) is 4.40 Å². The smallest absolute Gasteiger partial charge is 0.286 e. The fraction of sp³-hybridized carbons (Fsp3) is 0.125. The molecule has 1 aromatic rings. The van der Waals surface area contributed by atoms with Gasteiger partial charge in [-0.1, -0.05) is 11.8 Å². The summed E-state index contributed by atoms with van der Waals surface area (Å²) in [7, 11) is -3.53. The lowest BCUT2D eigenvalue weighted by Gasteiger charge is -2.16. The molecule has 4 nitrogen and oxygen atoms in total. The van der Waals surface area contributed by atoms with Gasteiger partial charge >= 0.3 is 0 Å². The van der Waals surface area contributed by atoms with E-state index < -0.39 is 10.0 Å². The molecule has 0 radical (unpaired) electrons. The molecular weight excluding hydrogens is 347 g/mol. The average Bonchev–Trinajstić information content (AvgIpc) is 2.18. The topological polar surface area (TPSA) is 58.5 Å². The minimum Gasteiger partial charge on any atom is -0.333 e. The number of thioether (sulfide) groups is 1. The van der Waals surface area contributed by atoms with Crippen LogP contribution in [0.4, 0.5) is 5.69 Å². The average molecular weight is 354 g/mol. The first-order valence-corrected chi connectivity index (χ1v) is 7.73. The molecule has 0 amide bonds. The fourth-order valence-corrected chi connectivity index (χ4v) is 3.74. The molecule has 7 heteroatoms. The summed E-state index contributed by atoms with van der Waals surface area (Å²) in [5.41, 5.74) is 0.592. The van der Waals surface area contributed by atoms with Gasteiger partial charge in [-0.05, 0) is 47.0 Å². The van der Waals surface area contributed by atoms with Crippen molar-refractivity contribution in [3.05, 3.63) is 21.8 Å². The van der Waals surface area contributed by atoms with Crippen molar-refractivity contribution in [3.63, 3.8) is 0 Å². The molecule has 15 heavy (non-hydrogen) atoms. The van der Waals surface area contributed by atoms with Crippen molar-refractivity contribution >= 4 is 55.2 Å². The van der Waals surface area contributed by atoms with E-state index in [-0.39, 0.29) is 4.90 Å². The van der Waals surface area contributed by atoms with E-state index in [1.54, 1.807) is 18.4 Å². The minimum absolute atomic E-state index is 0.243. The third-order valence-electron chi connectivity index (χ3n) is 1.86. The molecule has 0 unspecified atom stereocenters. The van der Waals surface area contributed by atoms with Gasteiger partial charge in [-0.3, -0.25) is 0 Å². The predicted molar refractivity (Wildman–Crippen MR) is 70.9 cm³/mol. The Balaban J connectivity index is 2.64. The van der Waals surface area contributed by atoms with Crippen molar-refractivity contribution in [2.45, 2.75) is 4.90 Å². The molecule has 0 bridgehead atoms. The van der Waals surface area contributed by atoms with Crippen LogP contribution in [0.3, 0.4) is 0 Å². The van der Waals surface area contributed by atoms with Crippen molar-refractivity contribution in [2.24, 2.45) is 4.40 Å². The van der Waals surface area contributed by atoms with Crippen LogP contribution in [-0.4, -0.2) is 19.8 Å². The molecule has 0 aromatic heterocycles. The number of hydrogen-bond acceptors (Lipinski definition) is 4. The van der Waals surface area contributed by atoms with Gasteiger partial charge in [0.15, 0.2) is 5.17 Å². The van der Waals surface area contributed by atoms with Gasteiger partial charge in [0.05, 0.1) is 5.69 Å². The molecule has 80 valence electrons. The van der Waals surface area contributed by atoms with E-state index in [1.807, 2.05) is 6.07 Å². The van der Waals surface area contributed by atoms with E-state index in [0.717, 1.165) is 3.57 Å². The maximum absolute atomic E-state index is 11.8. The van der Waals surface area contributed by atoms with Crippen LogP contribution in [0.15, 0.2) is 27.5 Å². The molecule has 1 aliphatic heterocycles. The maximum Gasteiger partial charge on any atom is 0.286 e. The Morgan fingerprint density at radius 3 is 2.87 bits per heavy atom. The van der Waals surface area contributed by atoms with Gasteiger partial charge in [-0.2, -0.15) is 8.42 Å². The summed E-state index contributed by atoms with van der Waals surface area (Å²) in [6.07, 6.45) is 1.78. The molecule has 0 saturated heterocycles. The van der Waals surface area contributed by atoms with Crippen LogP contribution in [0, 0.1) is 3.57 Å². The molecular formula is C8H7IN2O2S2. The van der Waals surface area contributed by atoms with Crippen LogP contribution >= 0.6 is 34.4 Å². The normalized spacial score (nSPS) is 17.6. The molecule has 0 aliphatic carbocycles. The zero-order valence-electron chi connectivity index (χ0n) is 7.69. The lowest BCUT2D eigenvalue weighted by Crippen LogP contribution is -2.18. The molecule has 0 spiro atoms. The van der Waals surface area contributed by atoms with Crippen molar-refractivity contribution in [1.29, 1.82) is 0 Å². The summed E-state index contributed by atoms with van der Waals surface area (Å²) in [5, 5.41) is 3.37. The Hall–Kier alpha value is -0.280. The Kier molecular flexibility index (Phi) is 2.95. The minimum atomic E-state index is -3.53. The number of sulfonamides is 1. The second-order valence-corrected chi connectivity index (χ2v) is 6.45. The van der Waals surface area contributed by atoms with Gasteiger partial charge in [-0.25, -0.2) is 0 Å². The van der Waals surface area contributed by atoms with Gasteiger partial charge in [0, 0.05) is 3.57 Å². The highest BCUT2D eigenvalue weighted by atomic mass is 127. The van der Waals surface area contributed by atoms with Crippen LogP contribution in [0.5, 0.6) is 0 Å². The number of benzene rings is 1. The Bertz CT molecular complexity index is 540. The SMILES string of the molecule is CSC1=NS(=O)(=O)c2cc(I)ccc2N1. The van der Waals surface area contributed by atoms with E-state index in [9.17, 15) is 8.42 Å². The molecule has 0 fully saturated rings. The maximum atomic E-state index is 11.8. The summed E-state index contributed by atoms with van der Waals surface area (Å²) in [6.45, 7) is 0. The highest BCUT2D eigenvalue weighted by molar-refractivity contribution is 14.1. The van der Waals surface area contributed by atoms with Gasteiger partial charge in [0.1, 0.15) is 4.90 Å². The third-order valence-corrected chi connectivity index (χ3v) is 4.54. The number of nitrogens with zero attached hydrogens (tertiary/aromatic N) is 1. The zero-order valence-corrected chi connectivity index (χ0v) is 11.5. The van der Waals surface area contributed by atoms with Crippen LogP contribution in [0.1, 0.15) is 0 Å². The first-order chi connectivity index (χ1) is 7.03. The summed E-state index contributed by atoms with van der Waals surface area (Å²) < 4.78 is 28.0. The van der Waals surface area contributed by atoms with Crippen LogP contribution in [-0.2, 0) is 10.0 Å². The number of hydrogen-bond donors (Lipinski definition) is 1. The van der Waals surface area contributed by atoms with Gasteiger partial charge in [0.25, 0.3) is 10.0 Å². The highest BCUT2D eigenvalue weighted by Gasteiger charge is 2.24. The van der Waals surface area contributed by atoms with Crippen LogP contribution in [0.2, 0.25) is 0 Å². The molecule has 2 rings (SSSR count). The second kappa shape index (κ2) is 3.95. The number of rotatable bonds is 0. The standard InChI is InChI=1S/C8H7IN2O2S2/c1-14-8-10-6-3-2-5(9)4-7(6)15(12,13)11-8/h2-4H,1H3,(H,10,11). The predicted octanol–water partition coefficient (Wildman–Crippen LogP) is 2.12. The van der Waals surface area contributed by atoms with E-state index in [0.29, 0.717) is 10.9 Å². The van der Waals surface area contributed by atoms with Gasteiger partial charge in [0.2, 0.25) is 0 Å². The van der Waals surface area contributed by atoms with Gasteiger partial charge < -0.3 is 5.32 Å². The molecule has 0 atom stereocenters. The molecule has 1 heterocycles. The number of fused-ring (bicyclic) bond motifs is 1. The van der Waals surface area contributed by atoms with E-state index in [1.165, 1.54) is 11.8 Å². The van der Waals surface area contributed by atoms with Crippen LogP contribution < -0.4 is 5.32 Å². The quantitative estimate of drug-likeness (QED) is 0.726. The molecule has 1 N–H and O–H groups in total. The van der Waals surface area contributed by atoms with E-state index >= 15 is 0 Å². The van der Waals surface area contributed by atoms with Crippen molar-refractivity contribution < 1.29 is 8.42 Å². The van der Waals surface area contributed by atoms with Crippen molar-refractivity contribution in [3.8, 4) is 0 Å². The number of nitrogens with one attached hydrogen (secondary N) is 1. The number of anilines is 1. The first kappa shape index (κ1) is 11.2. The molecule has 1 aliphatic rings. The number of halogens is 1. The fourth-order valence-electron chi connectivity index (χ4n) is 1.20. The Morgan fingerprint density at radius 1 is 1.47 bits per heavy atom. The summed E-state index contributed by atoms with van der Waals surface area (Å²) in [5.74, 6) is 0. The summed E-state index contributed by atoms with van der Waals surface area (Å²) >= 11 is 3.34. The second-order valence-electron chi connectivity index (χ2n) is 2.84. The van der Waals surface area contributed by atoms with Crippen molar-refractivity contribution in [2.75, 3.05) is 11.6 Å². The summed E-state index contributed by atoms with van der Waals surface area (Å²) in [4.78, 5) is 0.243. The molecule has 0 saturated carbocycles. The van der Waals surface area contributed by atoms with E-state index in [2.05, 4.69) is 32.3 Å². The van der Waals surface area contributed by atoms with Crippen LogP contribution in [0.25, 0.3) is 0 Å². The largest absolute Gasteiger partial charge is 0.333 e. The lowest BCUT2D eigenvalue weighted by molar-refractivity contribution is 0.598. The number of amidine groups is 1. The Morgan fingerprint density at radius 2 is 2.20 bits per heavy atom. The zero-order chi connectivity index (χ0) is 11.1. The first-order valence-electron chi connectivity index (χ1n) is 3.98. The van der Waals surface area contributed by atoms with Crippen molar-refractivity contribution in [1.82, 2.24) is 0 Å².